The van der Waals surface area contributed by atoms with E-state index in [1.807, 2.05) is 13.8 Å². The van der Waals surface area contributed by atoms with E-state index >= 15 is 0 Å². The minimum atomic E-state index is -0.480. The molecule has 7 rings (SSSR count). The molecule has 4 heteroatoms. The number of carbonyl (C=O) groups is 2. The van der Waals surface area contributed by atoms with Gasteiger partial charge in [0.05, 0.1) is 13.2 Å². The van der Waals surface area contributed by atoms with E-state index in [0.29, 0.717) is 26.1 Å². The van der Waals surface area contributed by atoms with Crippen LogP contribution in [0.3, 0.4) is 0 Å². The minimum absolute atomic E-state index is 0.304. The zero-order valence-corrected chi connectivity index (χ0v) is 29.2. The molecule has 1 aliphatic rings. The number of ether oxygens (including phenoxy) is 2. The lowest BCUT2D eigenvalue weighted by Gasteiger charge is -2.36. The van der Waals surface area contributed by atoms with Gasteiger partial charge in [-0.15, -0.1) is 0 Å². The van der Waals surface area contributed by atoms with Gasteiger partial charge in [-0.2, -0.15) is 0 Å². The van der Waals surface area contributed by atoms with Crippen molar-refractivity contribution < 1.29 is 19.1 Å². The maximum absolute atomic E-state index is 12.4. The van der Waals surface area contributed by atoms with Crippen molar-refractivity contribution in [1.29, 1.82) is 0 Å². The third kappa shape index (κ3) is 6.50. The number of hydrogen-bond acceptors (Lipinski definition) is 4. The minimum Gasteiger partial charge on any atom is -0.463 e. The summed E-state index contributed by atoms with van der Waals surface area (Å²) in [6, 6.07) is 43.6. The normalized spacial score (nSPS) is 13.1. The second-order valence-corrected chi connectivity index (χ2v) is 13.1. The van der Waals surface area contributed by atoms with Gasteiger partial charge in [-0.25, -0.2) is 9.59 Å². The molecule has 0 amide bonds. The van der Waals surface area contributed by atoms with Crippen LogP contribution in [0.4, 0.5) is 0 Å². The van der Waals surface area contributed by atoms with E-state index in [4.69, 9.17) is 9.47 Å². The molecule has 6 aromatic carbocycles. The van der Waals surface area contributed by atoms with Crippen LogP contribution in [-0.2, 0) is 24.5 Å². The van der Waals surface area contributed by atoms with Crippen molar-refractivity contribution >= 4 is 33.5 Å². The van der Waals surface area contributed by atoms with Gasteiger partial charge in [-0.05, 0) is 106 Å². The Kier molecular flexibility index (Phi) is 9.94. The average Bonchev–Trinajstić information content (AvgIpc) is 3.45. The molecule has 0 atom stereocenters. The Morgan fingerprint density at radius 3 is 1.27 bits per heavy atom. The first kappa shape index (κ1) is 33.7. The number of benzene rings is 6. The molecule has 6 aromatic rings. The highest BCUT2D eigenvalue weighted by Gasteiger charge is 2.46. The SMILES string of the molecule is CC=CC(=O)OCCCC1(CCCOC(=O)C=CC)c2c(cccc2-c2cccc3ccccc23)-c2cccc(-c3cccc4ccccc34)c21. The van der Waals surface area contributed by atoms with E-state index in [0.717, 1.165) is 12.8 Å². The smallest absolute Gasteiger partial charge is 0.330 e. The van der Waals surface area contributed by atoms with Crippen LogP contribution in [0.1, 0.15) is 50.7 Å². The first-order chi connectivity index (χ1) is 25.1. The zero-order chi connectivity index (χ0) is 35.2. The molecule has 0 N–H and O–H groups in total. The Bertz CT molecular complexity index is 2120. The summed E-state index contributed by atoms with van der Waals surface area (Å²) in [4.78, 5) is 24.8. The molecule has 51 heavy (non-hydrogen) atoms. The monoisotopic (exact) mass is 670 g/mol. The van der Waals surface area contributed by atoms with E-state index < -0.39 is 5.41 Å². The van der Waals surface area contributed by atoms with Crippen LogP contribution in [-0.4, -0.2) is 25.2 Å². The lowest BCUT2D eigenvalue weighted by Crippen LogP contribution is -2.28. The van der Waals surface area contributed by atoms with E-state index in [1.165, 1.54) is 78.2 Å². The zero-order valence-electron chi connectivity index (χ0n) is 29.2. The molecular weight excluding hydrogens is 629 g/mol. The molecule has 1 aliphatic carbocycles. The van der Waals surface area contributed by atoms with E-state index in [-0.39, 0.29) is 11.9 Å². The lowest BCUT2D eigenvalue weighted by atomic mass is 9.67. The Labute approximate surface area is 300 Å². The van der Waals surface area contributed by atoms with Crippen LogP contribution >= 0.6 is 0 Å². The highest BCUT2D eigenvalue weighted by atomic mass is 16.5. The van der Waals surface area contributed by atoms with Gasteiger partial charge in [-0.1, -0.05) is 133 Å². The quantitative estimate of drug-likeness (QED) is 0.0739. The van der Waals surface area contributed by atoms with Crippen molar-refractivity contribution in [2.24, 2.45) is 0 Å². The van der Waals surface area contributed by atoms with Crippen molar-refractivity contribution in [1.82, 2.24) is 0 Å². The highest BCUT2D eigenvalue weighted by molar-refractivity contribution is 6.03. The van der Waals surface area contributed by atoms with Crippen molar-refractivity contribution in [3.8, 4) is 33.4 Å². The number of hydrogen-bond donors (Lipinski definition) is 0. The van der Waals surface area contributed by atoms with Crippen LogP contribution in [0.2, 0.25) is 0 Å². The van der Waals surface area contributed by atoms with Gasteiger partial charge in [0.25, 0.3) is 0 Å². The number of esters is 2. The second-order valence-electron chi connectivity index (χ2n) is 13.1. The van der Waals surface area contributed by atoms with Gasteiger partial charge >= 0.3 is 11.9 Å². The Hall–Kier alpha value is -5.74. The molecule has 0 saturated heterocycles. The number of carbonyl (C=O) groups excluding carboxylic acids is 2. The maximum Gasteiger partial charge on any atom is 0.330 e. The van der Waals surface area contributed by atoms with Gasteiger partial charge in [0, 0.05) is 17.6 Å². The third-order valence-electron chi connectivity index (χ3n) is 10.1. The van der Waals surface area contributed by atoms with Crippen molar-refractivity contribution in [2.75, 3.05) is 13.2 Å². The van der Waals surface area contributed by atoms with Crippen molar-refractivity contribution in [3.05, 3.63) is 157 Å². The summed E-state index contributed by atoms with van der Waals surface area (Å²) < 4.78 is 11.4. The second kappa shape index (κ2) is 15.0. The van der Waals surface area contributed by atoms with E-state index in [2.05, 4.69) is 121 Å². The fourth-order valence-electron chi connectivity index (χ4n) is 8.17. The molecule has 0 saturated carbocycles. The van der Waals surface area contributed by atoms with Gasteiger partial charge in [0.2, 0.25) is 0 Å². The molecule has 0 spiro atoms. The number of fused-ring (bicyclic) bond motifs is 5. The summed E-state index contributed by atoms with van der Waals surface area (Å²) in [5.41, 5.74) is 9.28. The van der Waals surface area contributed by atoms with Crippen LogP contribution in [0.5, 0.6) is 0 Å². The Morgan fingerprint density at radius 2 is 0.843 bits per heavy atom. The molecule has 0 heterocycles. The fraction of sp³-hybridized carbons (Fsp3) is 0.191. The summed E-state index contributed by atoms with van der Waals surface area (Å²) in [7, 11) is 0. The molecule has 0 aromatic heterocycles. The van der Waals surface area contributed by atoms with Crippen molar-refractivity contribution in [3.63, 3.8) is 0 Å². The first-order valence-corrected chi connectivity index (χ1v) is 17.9. The standard InChI is InChI=1S/C47H42O4/c1-3-15-43(48)50-31-13-29-47(30-14-32-51-44(49)16-4-2)45-39(37-23-9-19-33-17-5-7-21-35(33)37)25-11-27-41(45)42-28-12-26-40(46(42)47)38-24-10-20-34-18-6-8-22-36(34)38/h3-12,15-28H,13-14,29-32H2,1-2H3. The van der Waals surface area contributed by atoms with Gasteiger partial charge in [-0.3, -0.25) is 0 Å². The van der Waals surface area contributed by atoms with Gasteiger partial charge in [0.1, 0.15) is 0 Å². The van der Waals surface area contributed by atoms with Crippen LogP contribution in [0.15, 0.2) is 146 Å². The molecular formula is C47H42O4. The van der Waals surface area contributed by atoms with E-state index in [1.54, 1.807) is 12.2 Å². The highest BCUT2D eigenvalue weighted by Crippen LogP contribution is 2.59. The predicted molar refractivity (Wildman–Crippen MR) is 209 cm³/mol. The fourth-order valence-corrected chi connectivity index (χ4v) is 8.17. The summed E-state index contributed by atoms with van der Waals surface area (Å²) >= 11 is 0. The summed E-state index contributed by atoms with van der Waals surface area (Å²) in [6.45, 7) is 4.24. The van der Waals surface area contributed by atoms with E-state index in [9.17, 15) is 9.59 Å². The topological polar surface area (TPSA) is 52.6 Å². The number of allylic oxidation sites excluding steroid dienone is 2. The largest absolute Gasteiger partial charge is 0.463 e. The molecule has 4 nitrogen and oxygen atoms in total. The van der Waals surface area contributed by atoms with Gasteiger partial charge < -0.3 is 9.47 Å². The van der Waals surface area contributed by atoms with Crippen LogP contribution in [0, 0.1) is 0 Å². The van der Waals surface area contributed by atoms with Crippen LogP contribution < -0.4 is 0 Å². The molecule has 0 unspecified atom stereocenters. The molecule has 0 fully saturated rings. The summed E-state index contributed by atoms with van der Waals surface area (Å²) in [5.74, 6) is -0.662. The van der Waals surface area contributed by atoms with Crippen LogP contribution in [0.25, 0.3) is 54.9 Å². The van der Waals surface area contributed by atoms with Crippen molar-refractivity contribution in [2.45, 2.75) is 44.9 Å². The molecule has 0 radical (unpaired) electrons. The third-order valence-corrected chi connectivity index (χ3v) is 10.1. The summed E-state index contributed by atoms with van der Waals surface area (Å²) in [5, 5.41) is 4.79. The Balaban J connectivity index is 1.46. The summed E-state index contributed by atoms with van der Waals surface area (Å²) in [6.07, 6.45) is 9.14. The predicted octanol–water partition coefficient (Wildman–Crippen LogP) is 11.4. The maximum atomic E-state index is 12.4. The lowest BCUT2D eigenvalue weighted by molar-refractivity contribution is -0.138. The molecule has 254 valence electrons. The average molecular weight is 671 g/mol. The molecule has 0 aliphatic heterocycles. The first-order valence-electron chi connectivity index (χ1n) is 17.9. The van der Waals surface area contributed by atoms with Gasteiger partial charge in [0.15, 0.2) is 0 Å². The number of rotatable bonds is 12. The molecule has 0 bridgehead atoms. The Morgan fingerprint density at radius 1 is 0.490 bits per heavy atom.